The number of aryl methyl sites for hydroxylation is 2. The van der Waals surface area contributed by atoms with E-state index in [0.29, 0.717) is 54.0 Å². The van der Waals surface area contributed by atoms with Crippen LogP contribution in [-0.2, 0) is 4.84 Å². The molecule has 0 N–H and O–H groups in total. The third-order valence-electron chi connectivity index (χ3n) is 4.75. The highest BCUT2D eigenvalue weighted by Crippen LogP contribution is 2.26. The van der Waals surface area contributed by atoms with E-state index >= 15 is 0 Å². The Kier molecular flexibility index (Phi) is 6.06. The van der Waals surface area contributed by atoms with E-state index in [1.54, 1.807) is 28.2 Å². The van der Waals surface area contributed by atoms with Gasteiger partial charge in [-0.05, 0) is 32.0 Å². The van der Waals surface area contributed by atoms with Crippen molar-refractivity contribution in [1.29, 1.82) is 0 Å². The number of hydroxylamine groups is 1. The predicted octanol–water partition coefficient (Wildman–Crippen LogP) is 3.24. The number of nitrogens with zero attached hydrogens (tertiary/aromatic N) is 6. The molecule has 31 heavy (non-hydrogen) atoms. The molecule has 0 saturated carbocycles. The summed E-state index contributed by atoms with van der Waals surface area (Å²) in [5, 5.41) is 2.09. The SMILES string of the molecule is Cc1cc(N2CCN(C(=O)c3cc(Cl)ccc3-c3ncc(F)cn3)CCO2)nc(C)n1. The fraction of sp³-hybridized carbons (Fsp3) is 0.286. The molecule has 160 valence electrons. The highest BCUT2D eigenvalue weighted by atomic mass is 35.5. The second-order valence-electron chi connectivity index (χ2n) is 7.06. The van der Waals surface area contributed by atoms with Crippen molar-refractivity contribution in [2.24, 2.45) is 0 Å². The number of hydrogen-bond acceptors (Lipinski definition) is 7. The van der Waals surface area contributed by atoms with E-state index in [1.165, 1.54) is 0 Å². The standard InChI is InChI=1S/C21H20ClFN6O2/c1-13-9-19(27-14(2)26-13)29-6-5-28(7-8-31-29)21(30)18-10-15(22)3-4-17(18)20-24-11-16(23)12-25-20/h3-4,9-12H,5-8H2,1-2H3. The molecule has 0 atom stereocenters. The number of halogens is 2. The Morgan fingerprint density at radius 1 is 1.10 bits per heavy atom. The van der Waals surface area contributed by atoms with Crippen molar-refractivity contribution in [2.75, 3.05) is 31.3 Å². The van der Waals surface area contributed by atoms with Gasteiger partial charge in [-0.1, -0.05) is 11.6 Å². The van der Waals surface area contributed by atoms with Crippen LogP contribution in [-0.4, -0.2) is 57.0 Å². The quantitative estimate of drug-likeness (QED) is 0.615. The van der Waals surface area contributed by atoms with E-state index in [2.05, 4.69) is 19.9 Å². The van der Waals surface area contributed by atoms with Crippen LogP contribution in [0.2, 0.25) is 5.02 Å². The van der Waals surface area contributed by atoms with Gasteiger partial charge in [0.2, 0.25) is 0 Å². The van der Waals surface area contributed by atoms with E-state index in [9.17, 15) is 9.18 Å². The van der Waals surface area contributed by atoms with Crippen LogP contribution in [0.3, 0.4) is 0 Å². The van der Waals surface area contributed by atoms with Crippen molar-refractivity contribution >= 4 is 23.3 Å². The maximum atomic E-state index is 13.4. The third kappa shape index (κ3) is 4.78. The predicted molar refractivity (Wildman–Crippen MR) is 113 cm³/mol. The van der Waals surface area contributed by atoms with Crippen molar-refractivity contribution in [3.8, 4) is 11.4 Å². The fourth-order valence-corrected chi connectivity index (χ4v) is 3.54. The lowest BCUT2D eigenvalue weighted by Crippen LogP contribution is -2.36. The minimum atomic E-state index is -0.550. The average Bonchev–Trinajstić information content (AvgIpc) is 3.00. The second kappa shape index (κ2) is 8.91. The van der Waals surface area contributed by atoms with Crippen LogP contribution in [0.25, 0.3) is 11.4 Å². The van der Waals surface area contributed by atoms with Gasteiger partial charge < -0.3 is 4.90 Å². The first-order chi connectivity index (χ1) is 14.9. The smallest absolute Gasteiger partial charge is 0.254 e. The lowest BCUT2D eigenvalue weighted by atomic mass is 10.1. The Labute approximate surface area is 183 Å². The van der Waals surface area contributed by atoms with Crippen molar-refractivity contribution in [1.82, 2.24) is 24.8 Å². The first-order valence-electron chi connectivity index (χ1n) is 9.70. The fourth-order valence-electron chi connectivity index (χ4n) is 3.37. The summed E-state index contributed by atoms with van der Waals surface area (Å²) >= 11 is 6.16. The Morgan fingerprint density at radius 2 is 1.87 bits per heavy atom. The van der Waals surface area contributed by atoms with Crippen LogP contribution in [0.4, 0.5) is 10.2 Å². The lowest BCUT2D eigenvalue weighted by Gasteiger charge is -2.22. The minimum Gasteiger partial charge on any atom is -0.334 e. The van der Waals surface area contributed by atoms with Gasteiger partial charge in [-0.25, -0.2) is 29.4 Å². The van der Waals surface area contributed by atoms with Gasteiger partial charge in [-0.3, -0.25) is 9.63 Å². The van der Waals surface area contributed by atoms with Gasteiger partial charge in [0.15, 0.2) is 17.5 Å². The van der Waals surface area contributed by atoms with E-state index in [1.807, 2.05) is 19.9 Å². The molecule has 0 aliphatic carbocycles. The first-order valence-corrected chi connectivity index (χ1v) is 10.1. The van der Waals surface area contributed by atoms with Gasteiger partial charge in [0.05, 0.1) is 31.1 Å². The number of aromatic nitrogens is 4. The molecule has 0 unspecified atom stereocenters. The monoisotopic (exact) mass is 442 g/mol. The summed E-state index contributed by atoms with van der Waals surface area (Å²) in [6.45, 7) is 5.25. The lowest BCUT2D eigenvalue weighted by molar-refractivity contribution is 0.0731. The van der Waals surface area contributed by atoms with E-state index in [0.717, 1.165) is 18.1 Å². The maximum absolute atomic E-state index is 13.4. The van der Waals surface area contributed by atoms with Crippen LogP contribution in [0, 0.1) is 19.7 Å². The molecular weight excluding hydrogens is 423 g/mol. The Bertz CT molecular complexity index is 1090. The molecule has 3 heterocycles. The molecule has 0 spiro atoms. The van der Waals surface area contributed by atoms with Crippen LogP contribution in [0.5, 0.6) is 0 Å². The van der Waals surface area contributed by atoms with Gasteiger partial charge in [-0.15, -0.1) is 0 Å². The molecule has 2 aromatic heterocycles. The number of carbonyl (C=O) groups excluding carboxylic acids is 1. The number of anilines is 1. The highest BCUT2D eigenvalue weighted by molar-refractivity contribution is 6.31. The number of hydrogen-bond donors (Lipinski definition) is 0. The van der Waals surface area contributed by atoms with Gasteiger partial charge in [0.25, 0.3) is 5.91 Å². The topological polar surface area (TPSA) is 84.3 Å². The van der Waals surface area contributed by atoms with Crippen LogP contribution < -0.4 is 5.06 Å². The summed E-state index contributed by atoms with van der Waals surface area (Å²) in [6, 6.07) is 6.72. The zero-order chi connectivity index (χ0) is 22.0. The average molecular weight is 443 g/mol. The number of benzene rings is 1. The van der Waals surface area contributed by atoms with Crippen LogP contribution >= 0.6 is 11.6 Å². The summed E-state index contributed by atoms with van der Waals surface area (Å²) in [4.78, 5) is 37.6. The van der Waals surface area contributed by atoms with E-state index in [-0.39, 0.29) is 11.7 Å². The summed E-state index contributed by atoms with van der Waals surface area (Å²) < 4.78 is 13.2. The molecule has 1 saturated heterocycles. The Balaban J connectivity index is 1.57. The number of carbonyl (C=O) groups is 1. The molecule has 8 nitrogen and oxygen atoms in total. The minimum absolute atomic E-state index is 0.231. The molecule has 0 bridgehead atoms. The van der Waals surface area contributed by atoms with Crippen molar-refractivity contribution < 1.29 is 14.0 Å². The molecule has 0 radical (unpaired) electrons. The maximum Gasteiger partial charge on any atom is 0.254 e. The number of amides is 1. The summed E-state index contributed by atoms with van der Waals surface area (Å²) in [7, 11) is 0. The van der Waals surface area contributed by atoms with Crippen molar-refractivity contribution in [2.45, 2.75) is 13.8 Å². The Morgan fingerprint density at radius 3 is 2.61 bits per heavy atom. The van der Waals surface area contributed by atoms with Gasteiger partial charge in [0, 0.05) is 35.4 Å². The molecule has 1 fully saturated rings. The Hall–Kier alpha value is -3.17. The largest absolute Gasteiger partial charge is 0.334 e. The summed E-state index contributed by atoms with van der Waals surface area (Å²) in [5.74, 6) is 0.777. The number of rotatable bonds is 3. The molecule has 4 rings (SSSR count). The molecule has 1 amide bonds. The van der Waals surface area contributed by atoms with Gasteiger partial charge in [-0.2, -0.15) is 0 Å². The van der Waals surface area contributed by atoms with Crippen LogP contribution in [0.1, 0.15) is 21.9 Å². The molecule has 10 heteroatoms. The zero-order valence-corrected chi connectivity index (χ0v) is 17.8. The molecule has 1 aliphatic heterocycles. The van der Waals surface area contributed by atoms with Gasteiger partial charge in [0.1, 0.15) is 5.82 Å². The highest BCUT2D eigenvalue weighted by Gasteiger charge is 2.25. The normalized spacial score (nSPS) is 14.5. The van der Waals surface area contributed by atoms with E-state index in [4.69, 9.17) is 16.4 Å². The van der Waals surface area contributed by atoms with Crippen LogP contribution in [0.15, 0.2) is 36.7 Å². The van der Waals surface area contributed by atoms with Crippen molar-refractivity contribution in [3.05, 3.63) is 64.6 Å². The van der Waals surface area contributed by atoms with Crippen molar-refractivity contribution in [3.63, 3.8) is 0 Å². The third-order valence-corrected chi connectivity index (χ3v) is 4.98. The molecular formula is C21H20ClFN6O2. The molecule has 1 aromatic carbocycles. The summed E-state index contributed by atoms with van der Waals surface area (Å²) in [6.07, 6.45) is 2.13. The first kappa shape index (κ1) is 21.1. The van der Waals surface area contributed by atoms with E-state index < -0.39 is 5.82 Å². The zero-order valence-electron chi connectivity index (χ0n) is 17.0. The second-order valence-corrected chi connectivity index (χ2v) is 7.49. The van der Waals surface area contributed by atoms with Gasteiger partial charge >= 0.3 is 0 Å². The summed E-state index contributed by atoms with van der Waals surface area (Å²) in [5.41, 5.74) is 1.67. The molecule has 3 aromatic rings. The molecule has 1 aliphatic rings.